The van der Waals surface area contributed by atoms with Crippen molar-refractivity contribution in [3.8, 4) is 0 Å². The Morgan fingerprint density at radius 1 is 0.897 bits per heavy atom. The number of rotatable bonds is 7. The molecule has 3 N–H and O–H groups in total. The maximum absolute atomic E-state index is 12.1. The minimum absolute atomic E-state index is 0.148. The highest BCUT2D eigenvalue weighted by Gasteiger charge is 2.12. The third kappa shape index (κ3) is 6.40. The maximum Gasteiger partial charge on any atom is 0.257 e. The summed E-state index contributed by atoms with van der Waals surface area (Å²) < 4.78 is 0.574. The number of carbonyl (C=O) groups is 3. The number of benzene rings is 2. The molecule has 3 amide bonds. The monoisotopic (exact) mass is 427 g/mol. The Kier molecular flexibility index (Phi) is 6.93. The quantitative estimate of drug-likeness (QED) is 0.393. The molecule has 0 spiro atoms. The van der Waals surface area contributed by atoms with Gasteiger partial charge in [-0.2, -0.15) is 0 Å². The molecule has 0 aliphatic rings. The lowest BCUT2D eigenvalue weighted by Crippen LogP contribution is -2.14. The molecule has 2 aromatic carbocycles. The number of aromatic nitrogens is 2. The zero-order chi connectivity index (χ0) is 20.6. The molecule has 3 rings (SSSR count). The van der Waals surface area contributed by atoms with Crippen LogP contribution < -0.4 is 16.0 Å². The molecule has 3 aromatic rings. The van der Waals surface area contributed by atoms with Crippen molar-refractivity contribution < 1.29 is 14.4 Å². The summed E-state index contributed by atoms with van der Waals surface area (Å²) in [5.74, 6) is -0.477. The number of carbonyl (C=O) groups excluding carboxylic acids is 3. The van der Waals surface area contributed by atoms with Crippen molar-refractivity contribution in [2.75, 3.05) is 21.7 Å². The zero-order valence-electron chi connectivity index (χ0n) is 15.3. The number of nitrogens with zero attached hydrogens (tertiary/aromatic N) is 2. The first-order chi connectivity index (χ1) is 14.0. The van der Waals surface area contributed by atoms with Crippen molar-refractivity contribution in [3.05, 3.63) is 60.2 Å². The normalized spacial score (nSPS) is 10.2. The first-order valence-corrected chi connectivity index (χ1v) is 10.3. The fourth-order valence-corrected chi connectivity index (χ4v) is 3.79. The maximum atomic E-state index is 12.1. The van der Waals surface area contributed by atoms with Crippen molar-refractivity contribution >= 4 is 57.3 Å². The van der Waals surface area contributed by atoms with Gasteiger partial charge in [-0.15, -0.1) is 10.2 Å². The first kappa shape index (κ1) is 20.5. The molecule has 8 nitrogen and oxygen atoms in total. The Hall–Kier alpha value is -3.24. The number of thioether (sulfide) groups is 1. The summed E-state index contributed by atoms with van der Waals surface area (Å²) in [7, 11) is 0. The van der Waals surface area contributed by atoms with Crippen LogP contribution in [0.3, 0.4) is 0 Å². The van der Waals surface area contributed by atoms with Crippen LogP contribution in [0.25, 0.3) is 0 Å². The van der Waals surface area contributed by atoms with Crippen molar-refractivity contribution in [1.29, 1.82) is 0 Å². The average molecular weight is 428 g/mol. The summed E-state index contributed by atoms with van der Waals surface area (Å²) in [6.45, 7) is 1.43. The molecule has 0 unspecified atom stereocenters. The minimum Gasteiger partial charge on any atom is -0.326 e. The molecule has 0 radical (unpaired) electrons. The number of nitrogens with one attached hydrogen (secondary N) is 3. The molecule has 0 fully saturated rings. The van der Waals surface area contributed by atoms with E-state index in [2.05, 4.69) is 26.1 Å². The molecule has 0 saturated heterocycles. The molecule has 0 saturated carbocycles. The van der Waals surface area contributed by atoms with Gasteiger partial charge < -0.3 is 10.6 Å². The highest BCUT2D eigenvalue weighted by Crippen LogP contribution is 2.26. The molecule has 1 aromatic heterocycles. The Morgan fingerprint density at radius 3 is 2.21 bits per heavy atom. The largest absolute Gasteiger partial charge is 0.326 e. The van der Waals surface area contributed by atoms with E-state index in [4.69, 9.17) is 0 Å². The van der Waals surface area contributed by atoms with Crippen LogP contribution in [0.4, 0.5) is 16.5 Å². The second-order valence-electron chi connectivity index (χ2n) is 5.79. The predicted octanol–water partition coefficient (Wildman–Crippen LogP) is 3.48. The highest BCUT2D eigenvalue weighted by molar-refractivity contribution is 8.01. The van der Waals surface area contributed by atoms with Crippen LogP contribution in [0.1, 0.15) is 17.3 Å². The Bertz CT molecular complexity index is 1010. The van der Waals surface area contributed by atoms with Crippen LogP contribution in [0.2, 0.25) is 0 Å². The van der Waals surface area contributed by atoms with E-state index in [0.717, 1.165) is 0 Å². The van der Waals surface area contributed by atoms with Gasteiger partial charge in [-0.3, -0.25) is 19.7 Å². The van der Waals surface area contributed by atoms with Crippen LogP contribution in [0.15, 0.2) is 58.9 Å². The van der Waals surface area contributed by atoms with E-state index in [9.17, 15) is 14.4 Å². The first-order valence-electron chi connectivity index (χ1n) is 8.50. The summed E-state index contributed by atoms with van der Waals surface area (Å²) in [5.41, 5.74) is 1.81. The minimum atomic E-state index is -0.265. The molecule has 148 valence electrons. The molecular formula is C19H17N5O3S2. The standard InChI is InChI=1S/C19H17N5O3S2/c1-12(25)20-14-7-9-15(10-8-14)21-16(26)11-28-19-24-23-18(29-19)22-17(27)13-5-3-2-4-6-13/h2-10H,11H2,1H3,(H,20,25)(H,21,26)(H,22,23,27). The van der Waals surface area contributed by atoms with E-state index in [1.807, 2.05) is 6.07 Å². The second kappa shape index (κ2) is 9.80. The molecular weight excluding hydrogens is 410 g/mol. The highest BCUT2D eigenvalue weighted by atomic mass is 32.2. The van der Waals surface area contributed by atoms with Crippen LogP contribution in [-0.2, 0) is 9.59 Å². The van der Waals surface area contributed by atoms with Gasteiger partial charge in [0.1, 0.15) is 0 Å². The van der Waals surface area contributed by atoms with Gasteiger partial charge in [0, 0.05) is 23.9 Å². The molecule has 0 bridgehead atoms. The average Bonchev–Trinajstić information content (AvgIpc) is 3.15. The Balaban J connectivity index is 1.47. The van der Waals surface area contributed by atoms with Crippen molar-refractivity contribution in [1.82, 2.24) is 10.2 Å². The van der Waals surface area contributed by atoms with Crippen LogP contribution in [-0.4, -0.2) is 33.7 Å². The van der Waals surface area contributed by atoms with Crippen LogP contribution in [0, 0.1) is 0 Å². The van der Waals surface area contributed by atoms with E-state index >= 15 is 0 Å². The summed E-state index contributed by atoms with van der Waals surface area (Å²) >= 11 is 2.43. The van der Waals surface area contributed by atoms with Crippen LogP contribution in [0.5, 0.6) is 0 Å². The Labute approximate surface area is 175 Å². The number of hydrogen-bond donors (Lipinski definition) is 3. The van der Waals surface area contributed by atoms with E-state index in [-0.39, 0.29) is 23.5 Å². The van der Waals surface area contributed by atoms with E-state index < -0.39 is 0 Å². The van der Waals surface area contributed by atoms with E-state index in [0.29, 0.717) is 26.4 Å². The lowest BCUT2D eigenvalue weighted by molar-refractivity contribution is -0.114. The van der Waals surface area contributed by atoms with Gasteiger partial charge >= 0.3 is 0 Å². The molecule has 0 atom stereocenters. The topological polar surface area (TPSA) is 113 Å². The number of amides is 3. The zero-order valence-corrected chi connectivity index (χ0v) is 17.0. The number of hydrogen-bond acceptors (Lipinski definition) is 7. The van der Waals surface area contributed by atoms with Gasteiger partial charge in [0.05, 0.1) is 5.75 Å². The number of anilines is 3. The van der Waals surface area contributed by atoms with Crippen LogP contribution >= 0.6 is 23.1 Å². The van der Waals surface area contributed by atoms with Gasteiger partial charge in [-0.05, 0) is 36.4 Å². The molecule has 0 aliphatic heterocycles. The fraction of sp³-hybridized carbons (Fsp3) is 0.105. The van der Waals surface area contributed by atoms with Gasteiger partial charge in [0.25, 0.3) is 5.91 Å². The smallest absolute Gasteiger partial charge is 0.257 e. The summed E-state index contributed by atoms with van der Waals surface area (Å²) in [6, 6.07) is 15.6. The van der Waals surface area contributed by atoms with E-state index in [1.165, 1.54) is 30.0 Å². The second-order valence-corrected chi connectivity index (χ2v) is 7.99. The summed E-state index contributed by atoms with van der Waals surface area (Å²) in [5, 5.41) is 16.4. The molecule has 10 heteroatoms. The fourth-order valence-electron chi connectivity index (χ4n) is 2.24. The van der Waals surface area contributed by atoms with Crippen molar-refractivity contribution in [3.63, 3.8) is 0 Å². The lowest BCUT2D eigenvalue weighted by Gasteiger charge is -2.06. The van der Waals surface area contributed by atoms with Gasteiger partial charge in [-0.25, -0.2) is 0 Å². The van der Waals surface area contributed by atoms with Gasteiger partial charge in [0.2, 0.25) is 16.9 Å². The SMILES string of the molecule is CC(=O)Nc1ccc(NC(=O)CSc2nnc(NC(=O)c3ccccc3)s2)cc1. The van der Waals surface area contributed by atoms with Gasteiger partial charge in [-0.1, -0.05) is 41.3 Å². The molecule has 1 heterocycles. The third-order valence-corrected chi connectivity index (χ3v) is 5.45. The lowest BCUT2D eigenvalue weighted by atomic mass is 10.2. The van der Waals surface area contributed by atoms with Gasteiger partial charge in [0.15, 0.2) is 4.34 Å². The molecule has 0 aliphatic carbocycles. The van der Waals surface area contributed by atoms with E-state index in [1.54, 1.807) is 48.5 Å². The van der Waals surface area contributed by atoms with Crippen molar-refractivity contribution in [2.24, 2.45) is 0 Å². The summed E-state index contributed by atoms with van der Waals surface area (Å²) in [6.07, 6.45) is 0. The van der Waals surface area contributed by atoms with Crippen molar-refractivity contribution in [2.45, 2.75) is 11.3 Å². The third-order valence-electron chi connectivity index (χ3n) is 3.48. The Morgan fingerprint density at radius 2 is 1.55 bits per heavy atom. The predicted molar refractivity (Wildman–Crippen MR) is 114 cm³/mol. The summed E-state index contributed by atoms with van der Waals surface area (Å²) in [4.78, 5) is 35.2. The molecule has 29 heavy (non-hydrogen) atoms.